The van der Waals surface area contributed by atoms with Crippen LogP contribution in [0.4, 0.5) is 0 Å². The molecule has 34 heavy (non-hydrogen) atoms. The van der Waals surface area contributed by atoms with Crippen molar-refractivity contribution in [1.29, 1.82) is 0 Å². The number of carbonyl (C=O) groups excluding carboxylic acids is 1. The summed E-state index contributed by atoms with van der Waals surface area (Å²) >= 11 is 0. The first kappa shape index (κ1) is 24.7. The minimum absolute atomic E-state index is 0.176. The predicted octanol–water partition coefficient (Wildman–Crippen LogP) is 2.40. The molecule has 2 radical (unpaired) electrons. The van der Waals surface area contributed by atoms with E-state index in [4.69, 9.17) is 17.3 Å². The van der Waals surface area contributed by atoms with Gasteiger partial charge in [-0.3, -0.25) is 4.79 Å². The first-order valence-corrected chi connectivity index (χ1v) is 10.6. The van der Waals surface area contributed by atoms with Crippen molar-refractivity contribution in [1.82, 2.24) is 29.5 Å². The number of hydrogen-bond donors (Lipinski definition) is 0. The summed E-state index contributed by atoms with van der Waals surface area (Å²) in [6.45, 7) is 8.68. The van der Waals surface area contributed by atoms with E-state index in [9.17, 15) is 4.79 Å². The number of nitrogens with zero attached hydrogens (tertiary/aromatic N) is 6. The molecule has 0 atom stereocenters. The van der Waals surface area contributed by atoms with Gasteiger partial charge in [-0.25, -0.2) is 14.5 Å². The highest BCUT2D eigenvalue weighted by molar-refractivity contribution is 6.31. The van der Waals surface area contributed by atoms with Crippen LogP contribution in [0.3, 0.4) is 0 Å². The van der Waals surface area contributed by atoms with Crippen molar-refractivity contribution in [2.75, 3.05) is 27.8 Å². The Labute approximate surface area is 200 Å². The molecule has 0 saturated carbocycles. The second-order valence-electron chi connectivity index (χ2n) is 7.80. The summed E-state index contributed by atoms with van der Waals surface area (Å²) in [5.74, 6) is 0.217. The van der Waals surface area contributed by atoms with Crippen LogP contribution in [-0.2, 0) is 0 Å². The predicted molar refractivity (Wildman–Crippen MR) is 132 cm³/mol. The number of allylic oxidation sites excluding steroid dienone is 4. The van der Waals surface area contributed by atoms with Gasteiger partial charge in [-0.15, -0.1) is 0 Å². The van der Waals surface area contributed by atoms with Crippen LogP contribution in [0.1, 0.15) is 36.3 Å². The molecule has 10 heteroatoms. The van der Waals surface area contributed by atoms with Gasteiger partial charge in [0.1, 0.15) is 7.85 Å². The van der Waals surface area contributed by atoms with E-state index in [0.29, 0.717) is 46.8 Å². The summed E-state index contributed by atoms with van der Waals surface area (Å²) in [6, 6.07) is 1.88. The van der Waals surface area contributed by atoms with Gasteiger partial charge in [-0.1, -0.05) is 35.3 Å². The molecule has 0 aliphatic carbocycles. The fourth-order valence-electron chi connectivity index (χ4n) is 3.11. The quantitative estimate of drug-likeness (QED) is 0.359. The number of amides is 1. The molecule has 0 N–H and O–H groups in total. The molecule has 3 heterocycles. The van der Waals surface area contributed by atoms with Crippen LogP contribution in [0.15, 0.2) is 54.5 Å². The maximum absolute atomic E-state index is 12.8. The van der Waals surface area contributed by atoms with Crippen LogP contribution in [0.25, 0.3) is 11.2 Å². The van der Waals surface area contributed by atoms with Gasteiger partial charge in [-0.05, 0) is 25.8 Å². The second-order valence-corrected chi connectivity index (χ2v) is 7.80. The van der Waals surface area contributed by atoms with Crippen molar-refractivity contribution in [3.8, 4) is 11.9 Å². The first-order valence-electron chi connectivity index (χ1n) is 10.6. The molecule has 0 unspecified atom stereocenters. The SMILES string of the molecule is [B]c1cnc2cc(C(=O)N(C)CC/C(C)=C(C)/C=C\C(=C)c3cnc(OC)nc3OC)nn2c1. The van der Waals surface area contributed by atoms with E-state index in [0.717, 1.165) is 11.1 Å². The molecule has 0 aliphatic heterocycles. The molecular formula is C24H27BN6O3. The lowest BCUT2D eigenvalue weighted by atomic mass is 10.0. The number of carbonyl (C=O) groups is 1. The zero-order chi connectivity index (χ0) is 24.8. The summed E-state index contributed by atoms with van der Waals surface area (Å²) in [5, 5.41) is 4.28. The average molecular weight is 458 g/mol. The third-order valence-corrected chi connectivity index (χ3v) is 5.38. The van der Waals surface area contributed by atoms with Gasteiger partial charge in [0, 0.05) is 38.2 Å². The fourth-order valence-corrected chi connectivity index (χ4v) is 3.11. The Balaban J connectivity index is 1.63. The lowest BCUT2D eigenvalue weighted by Gasteiger charge is -2.16. The summed E-state index contributed by atoms with van der Waals surface area (Å²) < 4.78 is 11.9. The number of rotatable bonds is 9. The Kier molecular flexibility index (Phi) is 7.83. The minimum Gasteiger partial charge on any atom is -0.480 e. The monoisotopic (exact) mass is 458 g/mol. The van der Waals surface area contributed by atoms with Gasteiger partial charge in [0.05, 0.1) is 19.8 Å². The van der Waals surface area contributed by atoms with Crippen LogP contribution < -0.4 is 14.9 Å². The third kappa shape index (κ3) is 5.69. The first-order chi connectivity index (χ1) is 16.2. The van der Waals surface area contributed by atoms with Gasteiger partial charge in [0.15, 0.2) is 11.3 Å². The lowest BCUT2D eigenvalue weighted by Crippen LogP contribution is -2.28. The Morgan fingerprint density at radius 3 is 2.68 bits per heavy atom. The summed E-state index contributed by atoms with van der Waals surface area (Å²) in [4.78, 5) is 26.9. The third-order valence-electron chi connectivity index (χ3n) is 5.38. The smallest absolute Gasteiger partial charge is 0.319 e. The minimum atomic E-state index is -0.176. The zero-order valence-electron chi connectivity index (χ0n) is 20.1. The van der Waals surface area contributed by atoms with Crippen molar-refractivity contribution in [3.63, 3.8) is 0 Å². The Morgan fingerprint density at radius 1 is 1.21 bits per heavy atom. The van der Waals surface area contributed by atoms with Gasteiger partial charge < -0.3 is 14.4 Å². The summed E-state index contributed by atoms with van der Waals surface area (Å²) in [6.07, 6.45) is 9.35. The molecule has 3 aromatic rings. The van der Waals surface area contributed by atoms with Crippen LogP contribution in [-0.4, -0.2) is 71.0 Å². The zero-order valence-corrected chi connectivity index (χ0v) is 20.1. The number of ether oxygens (including phenoxy) is 2. The number of hydrogen-bond acceptors (Lipinski definition) is 7. The molecular weight excluding hydrogens is 431 g/mol. The van der Waals surface area contributed by atoms with Crippen LogP contribution in [0.2, 0.25) is 0 Å². The summed E-state index contributed by atoms with van der Waals surface area (Å²) in [5.41, 5.74) is 4.98. The van der Waals surface area contributed by atoms with E-state index < -0.39 is 0 Å². The highest BCUT2D eigenvalue weighted by atomic mass is 16.5. The molecule has 0 spiro atoms. The van der Waals surface area contributed by atoms with Gasteiger partial charge >= 0.3 is 6.01 Å². The Bertz CT molecular complexity index is 1280. The largest absolute Gasteiger partial charge is 0.480 e. The van der Waals surface area contributed by atoms with E-state index >= 15 is 0 Å². The van der Waals surface area contributed by atoms with Crippen LogP contribution in [0, 0.1) is 0 Å². The van der Waals surface area contributed by atoms with Crippen molar-refractivity contribution >= 4 is 30.4 Å². The van der Waals surface area contributed by atoms with Crippen LogP contribution >= 0.6 is 0 Å². The summed E-state index contributed by atoms with van der Waals surface area (Å²) in [7, 11) is 10.5. The van der Waals surface area contributed by atoms with Crippen molar-refractivity contribution in [3.05, 3.63) is 65.8 Å². The van der Waals surface area contributed by atoms with E-state index in [1.807, 2.05) is 26.0 Å². The van der Waals surface area contributed by atoms with Crippen molar-refractivity contribution in [2.24, 2.45) is 0 Å². The second kappa shape index (κ2) is 10.8. The molecule has 9 nitrogen and oxygen atoms in total. The Hall–Kier alpha value is -3.95. The number of aromatic nitrogens is 5. The number of methoxy groups -OCH3 is 2. The standard InChI is InChI=1S/C24H27BN6O3/c1-15(7-8-17(3)19-13-27-24(34-6)28-22(19)33-5)16(2)9-10-30(4)23(32)20-11-21-26-12-18(25)14-31(21)29-20/h7-8,11-14H,3,9-10H2,1-2,4-6H3/b8-7-,16-15+. The average Bonchev–Trinajstić information content (AvgIpc) is 3.27. The van der Waals surface area contributed by atoms with Crippen molar-refractivity contribution in [2.45, 2.75) is 20.3 Å². The fraction of sp³-hybridized carbons (Fsp3) is 0.292. The normalized spacial score (nSPS) is 12.0. The molecule has 0 aliphatic rings. The Morgan fingerprint density at radius 2 is 1.97 bits per heavy atom. The molecule has 3 aromatic heterocycles. The van der Waals surface area contributed by atoms with Gasteiger partial charge in [0.2, 0.25) is 5.88 Å². The maximum Gasteiger partial charge on any atom is 0.319 e. The van der Waals surface area contributed by atoms with E-state index in [1.165, 1.54) is 24.9 Å². The number of fused-ring (bicyclic) bond motifs is 1. The molecule has 0 bridgehead atoms. The molecule has 0 aromatic carbocycles. The molecule has 0 fully saturated rings. The molecule has 0 saturated heterocycles. The van der Waals surface area contributed by atoms with Crippen molar-refractivity contribution < 1.29 is 14.3 Å². The topological polar surface area (TPSA) is 94.7 Å². The molecule has 3 rings (SSSR count). The van der Waals surface area contributed by atoms with Gasteiger partial charge in [-0.2, -0.15) is 10.1 Å². The maximum atomic E-state index is 12.8. The van der Waals surface area contributed by atoms with E-state index in [2.05, 4.69) is 26.6 Å². The van der Waals surface area contributed by atoms with Crippen LogP contribution in [0.5, 0.6) is 11.9 Å². The molecule has 174 valence electrons. The lowest BCUT2D eigenvalue weighted by molar-refractivity contribution is 0.0790. The van der Waals surface area contributed by atoms with E-state index in [-0.39, 0.29) is 11.9 Å². The van der Waals surface area contributed by atoms with E-state index in [1.54, 1.807) is 30.4 Å². The highest BCUT2D eigenvalue weighted by Gasteiger charge is 2.16. The highest BCUT2D eigenvalue weighted by Crippen LogP contribution is 2.25. The molecule has 1 amide bonds. The van der Waals surface area contributed by atoms with Gasteiger partial charge in [0.25, 0.3) is 5.91 Å².